The van der Waals surface area contributed by atoms with Gasteiger partial charge in [-0.05, 0) is 26.3 Å². The lowest BCUT2D eigenvalue weighted by Crippen LogP contribution is -2.48. The zero-order valence-corrected chi connectivity index (χ0v) is 11.3. The number of carboxylic acid groups (broad SMARTS) is 1. The Morgan fingerprint density at radius 3 is 2.56 bits per heavy atom. The molecular weight excluding hydrogens is 256 g/mol. The maximum atomic E-state index is 11.4. The number of rotatable bonds is 6. The summed E-state index contributed by atoms with van der Waals surface area (Å²) in [6.45, 7) is 0.353. The minimum absolute atomic E-state index is 0.0437. The van der Waals surface area contributed by atoms with Crippen LogP contribution in [0.15, 0.2) is 0 Å². The third kappa shape index (κ3) is 3.66. The molecule has 2 rings (SSSR count). The predicted octanol–water partition coefficient (Wildman–Crippen LogP) is -0.689. The number of nitrogens with zero attached hydrogens (tertiary/aromatic N) is 1. The Bertz CT molecular complexity index is 419. The van der Waals surface area contributed by atoms with Crippen molar-refractivity contribution in [3.05, 3.63) is 0 Å². The van der Waals surface area contributed by atoms with Gasteiger partial charge in [0.15, 0.2) is 9.84 Å². The van der Waals surface area contributed by atoms with Crippen molar-refractivity contribution < 1.29 is 18.3 Å². The number of likely N-dealkylation sites (N-methyl/N-ethyl adjacent to an activating group) is 1. The van der Waals surface area contributed by atoms with Crippen molar-refractivity contribution in [2.24, 2.45) is 0 Å². The van der Waals surface area contributed by atoms with Crippen LogP contribution in [0.4, 0.5) is 0 Å². The molecule has 0 spiro atoms. The highest BCUT2D eigenvalue weighted by Gasteiger charge is 2.34. The summed E-state index contributed by atoms with van der Waals surface area (Å²) in [6, 6.07) is -0.324. The second-order valence-electron chi connectivity index (χ2n) is 5.33. The second-order valence-corrected chi connectivity index (χ2v) is 7.56. The van der Waals surface area contributed by atoms with Gasteiger partial charge in [-0.15, -0.1) is 0 Å². The minimum Gasteiger partial charge on any atom is -0.480 e. The molecule has 1 saturated carbocycles. The molecule has 104 valence electrons. The number of carbonyl (C=O) groups is 1. The summed E-state index contributed by atoms with van der Waals surface area (Å²) in [7, 11) is -1.12. The molecule has 18 heavy (non-hydrogen) atoms. The minimum atomic E-state index is -2.92. The smallest absolute Gasteiger partial charge is 0.322 e. The highest BCUT2D eigenvalue weighted by molar-refractivity contribution is 7.91. The van der Waals surface area contributed by atoms with E-state index in [0.29, 0.717) is 19.0 Å². The Labute approximate surface area is 107 Å². The van der Waals surface area contributed by atoms with Crippen molar-refractivity contribution in [3.63, 3.8) is 0 Å². The van der Waals surface area contributed by atoms with E-state index < -0.39 is 21.8 Å². The summed E-state index contributed by atoms with van der Waals surface area (Å²) < 4.78 is 22.8. The van der Waals surface area contributed by atoms with Crippen LogP contribution in [0.5, 0.6) is 0 Å². The molecule has 2 fully saturated rings. The first-order valence-corrected chi connectivity index (χ1v) is 8.09. The molecule has 0 aromatic carbocycles. The van der Waals surface area contributed by atoms with Gasteiger partial charge in [0.2, 0.25) is 0 Å². The molecule has 2 N–H and O–H groups in total. The number of carboxylic acids is 1. The molecule has 0 radical (unpaired) electrons. The molecule has 2 aliphatic rings. The number of nitrogens with one attached hydrogen (secondary N) is 1. The lowest BCUT2D eigenvalue weighted by Gasteiger charge is -2.26. The molecule has 6 nitrogen and oxygen atoms in total. The molecule has 1 heterocycles. The van der Waals surface area contributed by atoms with E-state index >= 15 is 0 Å². The van der Waals surface area contributed by atoms with Crippen LogP contribution in [-0.4, -0.2) is 67.6 Å². The number of aliphatic carboxylic acids is 1. The van der Waals surface area contributed by atoms with Gasteiger partial charge in [-0.1, -0.05) is 0 Å². The Morgan fingerprint density at radius 2 is 2.11 bits per heavy atom. The fourth-order valence-corrected chi connectivity index (χ4v) is 4.10. The quantitative estimate of drug-likeness (QED) is 0.668. The van der Waals surface area contributed by atoms with Crippen LogP contribution in [0.3, 0.4) is 0 Å². The first kappa shape index (κ1) is 13.8. The van der Waals surface area contributed by atoms with Crippen LogP contribution < -0.4 is 5.32 Å². The molecule has 2 atom stereocenters. The van der Waals surface area contributed by atoms with Crippen LogP contribution in [-0.2, 0) is 14.6 Å². The van der Waals surface area contributed by atoms with Crippen molar-refractivity contribution in [1.82, 2.24) is 10.2 Å². The fourth-order valence-electron chi connectivity index (χ4n) is 2.30. The van der Waals surface area contributed by atoms with E-state index in [-0.39, 0.29) is 17.5 Å². The maximum Gasteiger partial charge on any atom is 0.322 e. The molecule has 0 aromatic rings. The highest BCUT2D eigenvalue weighted by Crippen LogP contribution is 2.21. The number of hydrogen-bond donors (Lipinski definition) is 2. The van der Waals surface area contributed by atoms with Crippen molar-refractivity contribution in [2.75, 3.05) is 25.1 Å². The van der Waals surface area contributed by atoms with E-state index in [1.165, 1.54) is 0 Å². The third-order valence-corrected chi connectivity index (χ3v) is 5.36. The van der Waals surface area contributed by atoms with Crippen LogP contribution in [0.1, 0.15) is 19.3 Å². The van der Waals surface area contributed by atoms with E-state index in [9.17, 15) is 13.2 Å². The molecule has 7 heteroatoms. The molecule has 1 aliphatic heterocycles. The number of sulfone groups is 1. The van der Waals surface area contributed by atoms with Gasteiger partial charge in [0, 0.05) is 18.6 Å². The molecule has 1 aliphatic carbocycles. The van der Waals surface area contributed by atoms with Crippen LogP contribution in [0, 0.1) is 0 Å². The van der Waals surface area contributed by atoms with Gasteiger partial charge in [-0.2, -0.15) is 0 Å². The summed E-state index contributed by atoms with van der Waals surface area (Å²) in [5.41, 5.74) is 0. The zero-order valence-electron chi connectivity index (χ0n) is 10.5. The maximum absolute atomic E-state index is 11.4. The van der Waals surface area contributed by atoms with E-state index in [1.807, 2.05) is 4.90 Å². The normalized spacial score (nSPS) is 28.4. The van der Waals surface area contributed by atoms with E-state index in [4.69, 9.17) is 5.11 Å². The summed E-state index contributed by atoms with van der Waals surface area (Å²) in [5, 5.41) is 12.2. The Hall–Kier alpha value is -0.660. The average Bonchev–Trinajstić information content (AvgIpc) is 3.00. The van der Waals surface area contributed by atoms with E-state index in [2.05, 4.69) is 5.32 Å². The van der Waals surface area contributed by atoms with E-state index in [1.54, 1.807) is 7.05 Å². The Balaban J connectivity index is 1.88. The lowest BCUT2D eigenvalue weighted by molar-refractivity contribution is -0.140. The van der Waals surface area contributed by atoms with Crippen LogP contribution in [0.25, 0.3) is 0 Å². The second kappa shape index (κ2) is 5.14. The van der Waals surface area contributed by atoms with Gasteiger partial charge >= 0.3 is 5.97 Å². The van der Waals surface area contributed by atoms with Crippen molar-refractivity contribution in [2.45, 2.75) is 37.4 Å². The first-order chi connectivity index (χ1) is 8.37. The van der Waals surface area contributed by atoms with Gasteiger partial charge in [0.1, 0.15) is 6.04 Å². The average molecular weight is 276 g/mol. The molecule has 0 amide bonds. The summed E-state index contributed by atoms with van der Waals surface area (Å²) in [4.78, 5) is 13.0. The monoisotopic (exact) mass is 276 g/mol. The third-order valence-electron chi connectivity index (χ3n) is 3.61. The topological polar surface area (TPSA) is 86.7 Å². The summed E-state index contributed by atoms with van der Waals surface area (Å²) >= 11 is 0. The molecule has 0 bridgehead atoms. The van der Waals surface area contributed by atoms with Gasteiger partial charge in [-0.3, -0.25) is 4.79 Å². The Kier molecular flexibility index (Phi) is 3.93. The lowest BCUT2D eigenvalue weighted by atomic mass is 10.2. The van der Waals surface area contributed by atoms with E-state index in [0.717, 1.165) is 12.8 Å². The standard InChI is InChI=1S/C11H20N2O4S/c1-13(9-4-5-18(16,17)7-9)6-10(11(14)15)12-8-2-3-8/h8-10,12H,2-7H2,1H3,(H,14,15). The predicted molar refractivity (Wildman–Crippen MR) is 67.3 cm³/mol. The highest BCUT2D eigenvalue weighted by atomic mass is 32.2. The molecular formula is C11H20N2O4S. The zero-order chi connectivity index (χ0) is 13.3. The number of hydrogen-bond acceptors (Lipinski definition) is 5. The molecule has 0 aromatic heterocycles. The van der Waals surface area contributed by atoms with Crippen molar-refractivity contribution in [1.29, 1.82) is 0 Å². The van der Waals surface area contributed by atoms with Gasteiger partial charge < -0.3 is 15.3 Å². The molecule has 1 saturated heterocycles. The molecule has 2 unspecified atom stereocenters. The first-order valence-electron chi connectivity index (χ1n) is 6.27. The summed E-state index contributed by atoms with van der Waals surface area (Å²) in [5.74, 6) is -0.496. The van der Waals surface area contributed by atoms with Crippen LogP contribution >= 0.6 is 0 Å². The van der Waals surface area contributed by atoms with Crippen molar-refractivity contribution in [3.8, 4) is 0 Å². The van der Waals surface area contributed by atoms with Gasteiger partial charge in [-0.25, -0.2) is 8.42 Å². The van der Waals surface area contributed by atoms with Gasteiger partial charge in [0.25, 0.3) is 0 Å². The van der Waals surface area contributed by atoms with Crippen molar-refractivity contribution >= 4 is 15.8 Å². The fraction of sp³-hybridized carbons (Fsp3) is 0.909. The Morgan fingerprint density at radius 1 is 1.44 bits per heavy atom. The SMILES string of the molecule is CN(CC(NC1CC1)C(=O)O)C1CCS(=O)(=O)C1. The largest absolute Gasteiger partial charge is 0.480 e. The van der Waals surface area contributed by atoms with Gasteiger partial charge in [0.05, 0.1) is 11.5 Å². The van der Waals surface area contributed by atoms with Crippen LogP contribution in [0.2, 0.25) is 0 Å². The summed E-state index contributed by atoms with van der Waals surface area (Å²) in [6.07, 6.45) is 2.67.